The number of carbonyl (C=O) groups is 1. The number of para-hydroxylation sites is 2. The Morgan fingerprint density at radius 2 is 1.90 bits per heavy atom. The van der Waals surface area contributed by atoms with Gasteiger partial charge in [-0.05, 0) is 37.1 Å². The Balaban J connectivity index is 1.26. The summed E-state index contributed by atoms with van der Waals surface area (Å²) >= 11 is 0. The summed E-state index contributed by atoms with van der Waals surface area (Å²) in [5.41, 5.74) is 2.73. The maximum Gasteiger partial charge on any atom is 0.299 e. The zero-order chi connectivity index (χ0) is 20.5. The zero-order valence-corrected chi connectivity index (χ0v) is 17.2. The van der Waals surface area contributed by atoms with Crippen LogP contribution in [0.15, 0.2) is 52.9 Å². The van der Waals surface area contributed by atoms with Gasteiger partial charge in [0.2, 0.25) is 5.91 Å². The normalized spacial score (nSPS) is 19.5. The van der Waals surface area contributed by atoms with E-state index in [0.29, 0.717) is 19.1 Å². The first-order chi connectivity index (χ1) is 14.7. The van der Waals surface area contributed by atoms with Gasteiger partial charge in [0.25, 0.3) is 6.01 Å². The van der Waals surface area contributed by atoms with Gasteiger partial charge in [-0.15, -0.1) is 0 Å². The van der Waals surface area contributed by atoms with Gasteiger partial charge >= 0.3 is 0 Å². The van der Waals surface area contributed by atoms with E-state index in [1.165, 1.54) is 0 Å². The number of anilines is 2. The van der Waals surface area contributed by atoms with Crippen LogP contribution in [0.2, 0.25) is 0 Å². The number of aromatic nitrogens is 1. The lowest BCUT2D eigenvalue weighted by Crippen LogP contribution is -2.54. The molecule has 3 aromatic rings. The fourth-order valence-corrected chi connectivity index (χ4v) is 4.44. The number of carbonyl (C=O) groups excluding carboxylic acids is 1. The summed E-state index contributed by atoms with van der Waals surface area (Å²) in [6, 6.07) is 16.2. The minimum atomic E-state index is -0.193. The van der Waals surface area contributed by atoms with Gasteiger partial charge in [-0.2, -0.15) is 4.98 Å². The third-order valence-electron chi connectivity index (χ3n) is 6.08. The van der Waals surface area contributed by atoms with Crippen molar-refractivity contribution < 1.29 is 13.9 Å². The van der Waals surface area contributed by atoms with Gasteiger partial charge in [0, 0.05) is 44.5 Å². The molecule has 7 nitrogen and oxygen atoms in total. The molecule has 0 N–H and O–H groups in total. The SMILES string of the molecule is COc1cccc(N2CCN(C(=O)C3CCCN3c3nc4ccccc4o3)CC2)c1. The van der Waals surface area contributed by atoms with Crippen LogP contribution in [0.3, 0.4) is 0 Å². The molecule has 2 aromatic carbocycles. The number of oxazole rings is 1. The summed E-state index contributed by atoms with van der Waals surface area (Å²) in [6.45, 7) is 3.86. The average molecular weight is 406 g/mol. The largest absolute Gasteiger partial charge is 0.497 e. The number of nitrogens with zero attached hydrogens (tertiary/aromatic N) is 4. The van der Waals surface area contributed by atoms with Gasteiger partial charge in [0.15, 0.2) is 5.58 Å². The molecule has 3 heterocycles. The average Bonchev–Trinajstić information content (AvgIpc) is 3.45. The number of benzene rings is 2. The maximum absolute atomic E-state index is 13.3. The summed E-state index contributed by atoms with van der Waals surface area (Å²) in [5.74, 6) is 1.03. The van der Waals surface area contributed by atoms with E-state index in [2.05, 4.69) is 16.0 Å². The fraction of sp³-hybridized carbons (Fsp3) is 0.391. The Kier molecular flexibility index (Phi) is 4.94. The van der Waals surface area contributed by atoms with E-state index in [1.807, 2.05) is 52.3 Å². The Labute approximate surface area is 175 Å². The van der Waals surface area contributed by atoms with Crippen molar-refractivity contribution in [2.24, 2.45) is 0 Å². The van der Waals surface area contributed by atoms with Crippen LogP contribution in [0.4, 0.5) is 11.7 Å². The molecule has 2 aliphatic heterocycles. The van der Waals surface area contributed by atoms with E-state index in [0.717, 1.165) is 55.0 Å². The molecule has 1 atom stereocenters. The monoisotopic (exact) mass is 406 g/mol. The van der Waals surface area contributed by atoms with Gasteiger partial charge in [0.1, 0.15) is 17.3 Å². The molecule has 1 amide bonds. The Morgan fingerprint density at radius 3 is 2.70 bits per heavy atom. The number of piperazine rings is 1. The van der Waals surface area contributed by atoms with Crippen molar-refractivity contribution in [1.29, 1.82) is 0 Å². The minimum absolute atomic E-state index is 0.181. The number of methoxy groups -OCH3 is 1. The summed E-state index contributed by atoms with van der Waals surface area (Å²) in [4.78, 5) is 24.3. The Bertz CT molecular complexity index is 1010. The Morgan fingerprint density at radius 1 is 1.07 bits per heavy atom. The summed E-state index contributed by atoms with van der Waals surface area (Å²) in [7, 11) is 1.68. The van der Waals surface area contributed by atoms with Crippen LogP contribution >= 0.6 is 0 Å². The first-order valence-corrected chi connectivity index (χ1v) is 10.5. The summed E-state index contributed by atoms with van der Waals surface area (Å²) in [5, 5.41) is 0. The van der Waals surface area contributed by atoms with Gasteiger partial charge in [-0.3, -0.25) is 4.79 Å². The molecule has 0 spiro atoms. The number of ether oxygens (including phenoxy) is 1. The number of hydrogen-bond acceptors (Lipinski definition) is 6. The lowest BCUT2D eigenvalue weighted by Gasteiger charge is -2.38. The molecule has 7 heteroatoms. The predicted octanol–water partition coefficient (Wildman–Crippen LogP) is 3.15. The van der Waals surface area contributed by atoms with Crippen molar-refractivity contribution in [2.75, 3.05) is 49.6 Å². The molecule has 0 radical (unpaired) electrons. The molecule has 2 saturated heterocycles. The van der Waals surface area contributed by atoms with Crippen molar-refractivity contribution in [2.45, 2.75) is 18.9 Å². The molecule has 0 aliphatic carbocycles. The van der Waals surface area contributed by atoms with E-state index in [4.69, 9.17) is 9.15 Å². The maximum atomic E-state index is 13.3. The second kappa shape index (κ2) is 7.89. The van der Waals surface area contributed by atoms with Crippen LogP contribution in [-0.4, -0.2) is 61.7 Å². The van der Waals surface area contributed by atoms with Crippen LogP contribution in [0, 0.1) is 0 Å². The molecule has 30 heavy (non-hydrogen) atoms. The molecule has 2 fully saturated rings. The first kappa shape index (κ1) is 18.8. The number of hydrogen-bond donors (Lipinski definition) is 0. The van der Waals surface area contributed by atoms with Crippen molar-refractivity contribution >= 4 is 28.7 Å². The predicted molar refractivity (Wildman–Crippen MR) is 116 cm³/mol. The van der Waals surface area contributed by atoms with Crippen molar-refractivity contribution in [3.8, 4) is 5.75 Å². The second-order valence-electron chi connectivity index (χ2n) is 7.83. The highest BCUT2D eigenvalue weighted by Gasteiger charge is 2.37. The molecule has 0 saturated carbocycles. The van der Waals surface area contributed by atoms with Crippen LogP contribution in [-0.2, 0) is 4.79 Å². The smallest absolute Gasteiger partial charge is 0.299 e. The first-order valence-electron chi connectivity index (χ1n) is 10.5. The third kappa shape index (κ3) is 3.44. The third-order valence-corrected chi connectivity index (χ3v) is 6.08. The van der Waals surface area contributed by atoms with Crippen molar-refractivity contribution in [1.82, 2.24) is 9.88 Å². The van der Waals surface area contributed by atoms with Crippen LogP contribution in [0.25, 0.3) is 11.1 Å². The summed E-state index contributed by atoms with van der Waals surface area (Å²) in [6.07, 6.45) is 1.81. The van der Waals surface area contributed by atoms with Crippen molar-refractivity contribution in [3.63, 3.8) is 0 Å². The lowest BCUT2D eigenvalue weighted by atomic mass is 10.1. The topological polar surface area (TPSA) is 62.1 Å². The van der Waals surface area contributed by atoms with Gasteiger partial charge < -0.3 is 23.9 Å². The second-order valence-corrected chi connectivity index (χ2v) is 7.83. The van der Waals surface area contributed by atoms with Gasteiger partial charge in [-0.1, -0.05) is 18.2 Å². The number of fused-ring (bicyclic) bond motifs is 1. The fourth-order valence-electron chi connectivity index (χ4n) is 4.44. The molecule has 1 aromatic heterocycles. The molecule has 1 unspecified atom stereocenters. The van der Waals surface area contributed by atoms with Gasteiger partial charge in [-0.25, -0.2) is 0 Å². The number of amides is 1. The molecule has 156 valence electrons. The summed E-state index contributed by atoms with van der Waals surface area (Å²) < 4.78 is 11.3. The minimum Gasteiger partial charge on any atom is -0.497 e. The van der Waals surface area contributed by atoms with E-state index in [-0.39, 0.29) is 11.9 Å². The molecule has 5 rings (SSSR count). The van der Waals surface area contributed by atoms with E-state index in [1.54, 1.807) is 7.11 Å². The lowest BCUT2D eigenvalue weighted by molar-refractivity contribution is -0.132. The highest BCUT2D eigenvalue weighted by atomic mass is 16.5. The van der Waals surface area contributed by atoms with E-state index < -0.39 is 0 Å². The van der Waals surface area contributed by atoms with E-state index >= 15 is 0 Å². The molecule has 0 bridgehead atoms. The quantitative estimate of drug-likeness (QED) is 0.663. The molecule has 2 aliphatic rings. The highest BCUT2D eigenvalue weighted by Crippen LogP contribution is 2.30. The standard InChI is InChI=1S/C23H26N4O3/c1-29-18-7-4-6-17(16-18)25-12-14-26(15-13-25)22(28)20-9-5-11-27(20)23-24-19-8-2-3-10-21(19)30-23/h2-4,6-8,10,16,20H,5,9,11-15H2,1H3. The van der Waals surface area contributed by atoms with Crippen LogP contribution in [0.5, 0.6) is 5.75 Å². The zero-order valence-electron chi connectivity index (χ0n) is 17.2. The highest BCUT2D eigenvalue weighted by molar-refractivity contribution is 5.86. The van der Waals surface area contributed by atoms with E-state index in [9.17, 15) is 4.79 Å². The van der Waals surface area contributed by atoms with Crippen LogP contribution < -0.4 is 14.5 Å². The van der Waals surface area contributed by atoms with Crippen LogP contribution in [0.1, 0.15) is 12.8 Å². The van der Waals surface area contributed by atoms with Gasteiger partial charge in [0.05, 0.1) is 7.11 Å². The number of rotatable bonds is 4. The molecular formula is C23H26N4O3. The molecular weight excluding hydrogens is 380 g/mol. The van der Waals surface area contributed by atoms with Crippen molar-refractivity contribution in [3.05, 3.63) is 48.5 Å². The Hall–Kier alpha value is -3.22.